The minimum Gasteiger partial charge on any atom is -0.476 e. The Kier molecular flexibility index (Phi) is 2.77. The van der Waals surface area contributed by atoms with Crippen LogP contribution < -0.4 is 4.74 Å². The second kappa shape index (κ2) is 3.89. The Labute approximate surface area is 92.8 Å². The van der Waals surface area contributed by atoms with Gasteiger partial charge < -0.3 is 4.74 Å². The summed E-state index contributed by atoms with van der Waals surface area (Å²) in [5.74, 6) is 0.709. The van der Waals surface area contributed by atoms with Crippen LogP contribution in [-0.4, -0.2) is 11.6 Å². The maximum absolute atomic E-state index is 5.69. The molecule has 0 saturated heterocycles. The van der Waals surface area contributed by atoms with Crippen molar-refractivity contribution in [1.82, 2.24) is 4.98 Å². The lowest BCUT2D eigenvalue weighted by atomic mass is 9.71. The van der Waals surface area contributed by atoms with E-state index in [0.29, 0.717) is 11.3 Å². The van der Waals surface area contributed by atoms with Crippen molar-refractivity contribution in [2.24, 2.45) is 5.41 Å². The van der Waals surface area contributed by atoms with Gasteiger partial charge >= 0.3 is 0 Å². The summed E-state index contributed by atoms with van der Waals surface area (Å²) < 4.78 is 6.62. The highest BCUT2D eigenvalue weighted by Crippen LogP contribution is 2.40. The molecule has 0 radical (unpaired) electrons. The lowest BCUT2D eigenvalue weighted by molar-refractivity contribution is 0.0745. The second-order valence-corrected chi connectivity index (χ2v) is 5.10. The molecule has 3 heteroatoms. The molecule has 0 spiro atoms. The van der Waals surface area contributed by atoms with Crippen LogP contribution in [0, 0.1) is 5.41 Å². The van der Waals surface area contributed by atoms with E-state index >= 15 is 0 Å². The molecule has 0 N–H and O–H groups in total. The molecular weight excluding hydrogens is 242 g/mol. The van der Waals surface area contributed by atoms with Gasteiger partial charge in [0, 0.05) is 11.6 Å². The molecule has 1 saturated carbocycles. The quantitative estimate of drug-likeness (QED) is 0.826. The van der Waals surface area contributed by atoms with Gasteiger partial charge in [0.2, 0.25) is 5.88 Å². The number of nitrogens with zero attached hydrogens (tertiary/aromatic N) is 1. The van der Waals surface area contributed by atoms with Crippen LogP contribution in [0.4, 0.5) is 0 Å². The first-order valence-corrected chi connectivity index (χ1v) is 5.72. The monoisotopic (exact) mass is 255 g/mol. The zero-order valence-corrected chi connectivity index (χ0v) is 9.88. The van der Waals surface area contributed by atoms with Gasteiger partial charge in [0.25, 0.3) is 0 Å². The highest BCUT2D eigenvalue weighted by atomic mass is 79.9. The van der Waals surface area contributed by atoms with E-state index in [1.165, 1.54) is 19.3 Å². The van der Waals surface area contributed by atoms with Crippen molar-refractivity contribution in [2.75, 3.05) is 6.61 Å². The van der Waals surface area contributed by atoms with Gasteiger partial charge in [-0.2, -0.15) is 0 Å². The molecule has 1 aliphatic carbocycles. The predicted molar refractivity (Wildman–Crippen MR) is 59.4 cm³/mol. The molecular formula is C11H14BrNO. The predicted octanol–water partition coefficient (Wildman–Crippen LogP) is 3.41. The Hall–Kier alpha value is -0.570. The first-order valence-electron chi connectivity index (χ1n) is 4.93. The maximum Gasteiger partial charge on any atom is 0.227 e. The van der Waals surface area contributed by atoms with Gasteiger partial charge in [-0.25, -0.2) is 4.98 Å². The van der Waals surface area contributed by atoms with Crippen molar-refractivity contribution < 1.29 is 4.74 Å². The number of pyridine rings is 1. The van der Waals surface area contributed by atoms with Crippen LogP contribution in [0.15, 0.2) is 22.8 Å². The van der Waals surface area contributed by atoms with E-state index in [1.807, 2.05) is 12.1 Å². The lowest BCUT2D eigenvalue weighted by Gasteiger charge is -2.37. The first-order chi connectivity index (χ1) is 6.70. The fraction of sp³-hybridized carbons (Fsp3) is 0.545. The largest absolute Gasteiger partial charge is 0.476 e. The molecule has 0 bridgehead atoms. The zero-order chi connectivity index (χ0) is 10.0. The van der Waals surface area contributed by atoms with Gasteiger partial charge in [-0.3, -0.25) is 0 Å². The van der Waals surface area contributed by atoms with Crippen molar-refractivity contribution in [2.45, 2.75) is 26.2 Å². The molecule has 1 aromatic rings. The fourth-order valence-electron chi connectivity index (χ4n) is 1.64. The fourth-order valence-corrected chi connectivity index (χ4v) is 2.01. The molecule has 0 atom stereocenters. The summed E-state index contributed by atoms with van der Waals surface area (Å²) in [5, 5.41) is 0. The Morgan fingerprint density at radius 1 is 1.57 bits per heavy atom. The van der Waals surface area contributed by atoms with Crippen LogP contribution in [0.1, 0.15) is 26.2 Å². The summed E-state index contributed by atoms with van der Waals surface area (Å²) in [4.78, 5) is 4.17. The molecule has 0 unspecified atom stereocenters. The number of aromatic nitrogens is 1. The van der Waals surface area contributed by atoms with Crippen molar-refractivity contribution in [1.29, 1.82) is 0 Å². The minimum atomic E-state index is 0.386. The molecule has 2 rings (SSSR count). The van der Waals surface area contributed by atoms with E-state index in [-0.39, 0.29) is 0 Å². The number of halogens is 1. The maximum atomic E-state index is 5.69. The van der Waals surface area contributed by atoms with E-state index in [4.69, 9.17) is 4.74 Å². The van der Waals surface area contributed by atoms with Crippen LogP contribution in [0.2, 0.25) is 0 Å². The van der Waals surface area contributed by atoms with Gasteiger partial charge in [-0.05, 0) is 40.9 Å². The molecule has 1 aromatic heterocycles. The zero-order valence-electron chi connectivity index (χ0n) is 8.29. The van der Waals surface area contributed by atoms with Gasteiger partial charge in [-0.15, -0.1) is 0 Å². The summed E-state index contributed by atoms with van der Waals surface area (Å²) in [6, 6.07) is 3.84. The van der Waals surface area contributed by atoms with Crippen LogP contribution in [-0.2, 0) is 0 Å². The number of hydrogen-bond donors (Lipinski definition) is 0. The average Bonchev–Trinajstić information content (AvgIpc) is 2.14. The van der Waals surface area contributed by atoms with Crippen molar-refractivity contribution in [3.8, 4) is 5.88 Å². The Balaban J connectivity index is 1.95. The molecule has 0 amide bonds. The summed E-state index contributed by atoms with van der Waals surface area (Å²) in [5.41, 5.74) is 0.386. The molecule has 0 aliphatic heterocycles. The third kappa shape index (κ3) is 2.08. The molecule has 1 fully saturated rings. The van der Waals surface area contributed by atoms with Gasteiger partial charge in [0.1, 0.15) is 0 Å². The Morgan fingerprint density at radius 2 is 2.36 bits per heavy atom. The van der Waals surface area contributed by atoms with Crippen LogP contribution in [0.25, 0.3) is 0 Å². The number of ether oxygens (including phenoxy) is 1. The molecule has 14 heavy (non-hydrogen) atoms. The van der Waals surface area contributed by atoms with Crippen LogP contribution >= 0.6 is 15.9 Å². The van der Waals surface area contributed by atoms with E-state index in [9.17, 15) is 0 Å². The van der Waals surface area contributed by atoms with Gasteiger partial charge in [0.05, 0.1) is 11.1 Å². The van der Waals surface area contributed by atoms with E-state index in [0.717, 1.165) is 11.1 Å². The van der Waals surface area contributed by atoms with Crippen molar-refractivity contribution >= 4 is 15.9 Å². The first kappa shape index (κ1) is 9.97. The highest BCUT2D eigenvalue weighted by Gasteiger charge is 2.32. The van der Waals surface area contributed by atoms with Gasteiger partial charge in [0.15, 0.2) is 0 Å². The van der Waals surface area contributed by atoms with Crippen LogP contribution in [0.3, 0.4) is 0 Å². The second-order valence-electron chi connectivity index (χ2n) is 4.24. The minimum absolute atomic E-state index is 0.386. The SMILES string of the molecule is CC1(COc2ncccc2Br)CCC1. The highest BCUT2D eigenvalue weighted by molar-refractivity contribution is 9.10. The average molecular weight is 256 g/mol. The van der Waals surface area contributed by atoms with E-state index in [2.05, 4.69) is 27.8 Å². The molecule has 76 valence electrons. The van der Waals surface area contributed by atoms with Crippen LogP contribution in [0.5, 0.6) is 5.88 Å². The Bertz CT molecular complexity index is 323. The van der Waals surface area contributed by atoms with E-state index in [1.54, 1.807) is 6.20 Å². The van der Waals surface area contributed by atoms with E-state index < -0.39 is 0 Å². The van der Waals surface area contributed by atoms with Crippen molar-refractivity contribution in [3.05, 3.63) is 22.8 Å². The molecule has 0 aromatic carbocycles. The third-order valence-corrected chi connectivity index (χ3v) is 3.45. The summed E-state index contributed by atoms with van der Waals surface area (Å²) in [6.45, 7) is 3.05. The molecule has 2 nitrogen and oxygen atoms in total. The van der Waals surface area contributed by atoms with Gasteiger partial charge in [-0.1, -0.05) is 13.3 Å². The summed E-state index contributed by atoms with van der Waals surface area (Å²) in [6.07, 6.45) is 5.64. The molecule has 1 aliphatic rings. The molecule has 1 heterocycles. The van der Waals surface area contributed by atoms with Crippen molar-refractivity contribution in [3.63, 3.8) is 0 Å². The normalized spacial score (nSPS) is 18.7. The Morgan fingerprint density at radius 3 is 2.93 bits per heavy atom. The smallest absolute Gasteiger partial charge is 0.227 e. The number of rotatable bonds is 3. The number of hydrogen-bond acceptors (Lipinski definition) is 2. The standard InChI is InChI=1S/C11H14BrNO/c1-11(5-3-6-11)8-14-10-9(12)4-2-7-13-10/h2,4,7H,3,5-6,8H2,1H3. The summed E-state index contributed by atoms with van der Waals surface area (Å²) >= 11 is 3.42. The topological polar surface area (TPSA) is 22.1 Å². The third-order valence-electron chi connectivity index (χ3n) is 2.84. The lowest BCUT2D eigenvalue weighted by Crippen LogP contribution is -2.32. The summed E-state index contributed by atoms with van der Waals surface area (Å²) in [7, 11) is 0.